The summed E-state index contributed by atoms with van der Waals surface area (Å²) in [5, 5.41) is 17.9. The van der Waals surface area contributed by atoms with Crippen LogP contribution in [0, 0.1) is 0 Å². The average molecular weight is 403 g/mol. The van der Waals surface area contributed by atoms with Gasteiger partial charge in [0.15, 0.2) is 5.82 Å². The molecule has 1 aromatic carbocycles. The molecule has 0 saturated carbocycles. The fraction of sp³-hybridized carbons (Fsp3) is 0.111. The van der Waals surface area contributed by atoms with Gasteiger partial charge in [0, 0.05) is 24.3 Å². The summed E-state index contributed by atoms with van der Waals surface area (Å²) >= 11 is 11.9. The third-order valence-corrected chi connectivity index (χ3v) is 4.05. The first kappa shape index (κ1) is 18.9. The van der Waals surface area contributed by atoms with E-state index in [1.807, 2.05) is 12.1 Å². The zero-order valence-corrected chi connectivity index (χ0v) is 15.6. The fourth-order valence-corrected chi connectivity index (χ4v) is 2.59. The van der Waals surface area contributed by atoms with Crippen molar-refractivity contribution in [3.8, 4) is 0 Å². The van der Waals surface area contributed by atoms with E-state index in [-0.39, 0.29) is 5.91 Å². The van der Waals surface area contributed by atoms with E-state index < -0.39 is 0 Å². The number of nitrogens with one attached hydrogen (secondary N) is 3. The van der Waals surface area contributed by atoms with Crippen molar-refractivity contribution in [3.63, 3.8) is 0 Å². The minimum atomic E-state index is -0.286. The normalized spacial score (nSPS) is 10.3. The third kappa shape index (κ3) is 5.54. The first-order valence-corrected chi connectivity index (χ1v) is 8.85. The van der Waals surface area contributed by atoms with Crippen LogP contribution in [-0.4, -0.2) is 34.2 Å². The Kier molecular flexibility index (Phi) is 6.40. The number of benzene rings is 1. The second kappa shape index (κ2) is 9.16. The van der Waals surface area contributed by atoms with Gasteiger partial charge in [-0.15, -0.1) is 10.2 Å². The lowest BCUT2D eigenvalue weighted by Gasteiger charge is -2.09. The number of carbonyl (C=O) groups is 1. The molecule has 27 heavy (non-hydrogen) atoms. The Morgan fingerprint density at radius 3 is 2.56 bits per heavy atom. The summed E-state index contributed by atoms with van der Waals surface area (Å²) in [6.45, 7) is 0.868. The molecule has 0 saturated heterocycles. The van der Waals surface area contributed by atoms with Gasteiger partial charge >= 0.3 is 0 Å². The van der Waals surface area contributed by atoms with Crippen molar-refractivity contribution >= 4 is 46.4 Å². The maximum atomic E-state index is 12.1. The Morgan fingerprint density at radius 2 is 1.81 bits per heavy atom. The van der Waals surface area contributed by atoms with Gasteiger partial charge in [-0.1, -0.05) is 23.2 Å². The molecular formula is C18H16Cl2N6O. The summed E-state index contributed by atoms with van der Waals surface area (Å²) in [4.78, 5) is 16.1. The van der Waals surface area contributed by atoms with Crippen LogP contribution < -0.4 is 16.0 Å². The van der Waals surface area contributed by atoms with E-state index in [0.29, 0.717) is 40.3 Å². The predicted octanol–water partition coefficient (Wildman–Crippen LogP) is 3.76. The average Bonchev–Trinajstić information content (AvgIpc) is 2.69. The largest absolute Gasteiger partial charge is 0.367 e. The molecule has 0 unspecified atom stereocenters. The van der Waals surface area contributed by atoms with Crippen molar-refractivity contribution < 1.29 is 4.79 Å². The standard InChI is InChI=1S/C18H16Cl2N6O/c19-12-3-4-15(20)14(10-12)18(27)23-9-8-22-16-5-6-17(26-25-16)24-13-2-1-7-21-11-13/h1-7,10-11H,8-9H2,(H,22,25)(H,23,27)(H,24,26). The Morgan fingerprint density at radius 1 is 1.00 bits per heavy atom. The summed E-state index contributed by atoms with van der Waals surface area (Å²) in [5.74, 6) is 0.922. The van der Waals surface area contributed by atoms with Crippen LogP contribution in [0.3, 0.4) is 0 Å². The first-order chi connectivity index (χ1) is 13.1. The Labute approximate surface area is 166 Å². The van der Waals surface area contributed by atoms with E-state index in [0.717, 1.165) is 5.69 Å². The highest BCUT2D eigenvalue weighted by Crippen LogP contribution is 2.20. The van der Waals surface area contributed by atoms with Crippen molar-refractivity contribution in [2.45, 2.75) is 0 Å². The van der Waals surface area contributed by atoms with Gasteiger partial charge < -0.3 is 16.0 Å². The number of carbonyl (C=O) groups excluding carboxylic acids is 1. The number of anilines is 3. The Balaban J connectivity index is 1.45. The number of nitrogens with zero attached hydrogens (tertiary/aromatic N) is 3. The van der Waals surface area contributed by atoms with E-state index in [2.05, 4.69) is 31.1 Å². The van der Waals surface area contributed by atoms with Crippen molar-refractivity contribution in [1.82, 2.24) is 20.5 Å². The number of hydrogen-bond donors (Lipinski definition) is 3. The summed E-state index contributed by atoms with van der Waals surface area (Å²) in [5.41, 5.74) is 1.17. The Hall–Kier alpha value is -2.90. The molecular weight excluding hydrogens is 387 g/mol. The smallest absolute Gasteiger partial charge is 0.252 e. The van der Waals surface area contributed by atoms with Crippen LogP contribution in [-0.2, 0) is 0 Å². The molecule has 0 spiro atoms. The molecule has 1 amide bonds. The van der Waals surface area contributed by atoms with Crippen LogP contribution in [0.15, 0.2) is 54.9 Å². The van der Waals surface area contributed by atoms with Gasteiger partial charge in [-0.05, 0) is 42.5 Å². The topological polar surface area (TPSA) is 91.8 Å². The van der Waals surface area contributed by atoms with Crippen LogP contribution in [0.2, 0.25) is 10.0 Å². The van der Waals surface area contributed by atoms with E-state index in [1.54, 1.807) is 36.7 Å². The van der Waals surface area contributed by atoms with Gasteiger partial charge in [0.1, 0.15) is 5.82 Å². The molecule has 3 N–H and O–H groups in total. The molecule has 0 atom stereocenters. The monoisotopic (exact) mass is 402 g/mol. The minimum Gasteiger partial charge on any atom is -0.367 e. The summed E-state index contributed by atoms with van der Waals surface area (Å²) in [6.07, 6.45) is 3.39. The molecule has 9 heteroatoms. The predicted molar refractivity (Wildman–Crippen MR) is 107 cm³/mol. The number of rotatable bonds is 7. The molecule has 0 fully saturated rings. The summed E-state index contributed by atoms with van der Waals surface area (Å²) in [7, 11) is 0. The van der Waals surface area contributed by atoms with E-state index in [9.17, 15) is 4.79 Å². The highest BCUT2D eigenvalue weighted by atomic mass is 35.5. The van der Waals surface area contributed by atoms with Crippen molar-refractivity contribution in [2.24, 2.45) is 0 Å². The quantitative estimate of drug-likeness (QED) is 0.521. The first-order valence-electron chi connectivity index (χ1n) is 8.10. The van der Waals surface area contributed by atoms with Crippen LogP contribution >= 0.6 is 23.2 Å². The van der Waals surface area contributed by atoms with Gasteiger partial charge in [-0.2, -0.15) is 0 Å². The van der Waals surface area contributed by atoms with Gasteiger partial charge in [-0.3, -0.25) is 9.78 Å². The van der Waals surface area contributed by atoms with Gasteiger partial charge in [0.25, 0.3) is 5.91 Å². The molecule has 0 aliphatic heterocycles. The van der Waals surface area contributed by atoms with Crippen LogP contribution in [0.1, 0.15) is 10.4 Å². The SMILES string of the molecule is O=C(NCCNc1ccc(Nc2cccnc2)nn1)c1cc(Cl)ccc1Cl. The van der Waals surface area contributed by atoms with Gasteiger partial charge in [0.05, 0.1) is 22.5 Å². The van der Waals surface area contributed by atoms with E-state index in [1.165, 1.54) is 6.07 Å². The van der Waals surface area contributed by atoms with Crippen molar-refractivity contribution in [1.29, 1.82) is 0 Å². The molecule has 138 valence electrons. The second-order valence-electron chi connectivity index (χ2n) is 5.48. The maximum Gasteiger partial charge on any atom is 0.252 e. The molecule has 0 aliphatic carbocycles. The van der Waals surface area contributed by atoms with E-state index in [4.69, 9.17) is 23.2 Å². The van der Waals surface area contributed by atoms with Gasteiger partial charge in [-0.25, -0.2) is 0 Å². The van der Waals surface area contributed by atoms with Crippen molar-refractivity contribution in [2.75, 3.05) is 23.7 Å². The maximum absolute atomic E-state index is 12.1. The molecule has 3 aromatic rings. The fourth-order valence-electron chi connectivity index (χ4n) is 2.21. The third-order valence-electron chi connectivity index (χ3n) is 3.49. The number of aromatic nitrogens is 3. The molecule has 3 rings (SSSR count). The minimum absolute atomic E-state index is 0.286. The lowest BCUT2D eigenvalue weighted by Crippen LogP contribution is -2.29. The number of pyridine rings is 1. The molecule has 0 bridgehead atoms. The molecule has 0 aliphatic rings. The summed E-state index contributed by atoms with van der Waals surface area (Å²) in [6, 6.07) is 12.1. The number of amides is 1. The number of halogens is 2. The molecule has 2 heterocycles. The second-order valence-corrected chi connectivity index (χ2v) is 6.32. The van der Waals surface area contributed by atoms with Gasteiger partial charge in [0.2, 0.25) is 0 Å². The highest BCUT2D eigenvalue weighted by molar-refractivity contribution is 6.35. The lowest BCUT2D eigenvalue weighted by molar-refractivity contribution is 0.0955. The Bertz CT molecular complexity index is 905. The zero-order valence-electron chi connectivity index (χ0n) is 14.1. The summed E-state index contributed by atoms with van der Waals surface area (Å²) < 4.78 is 0. The van der Waals surface area contributed by atoms with Crippen LogP contribution in [0.4, 0.5) is 17.3 Å². The lowest BCUT2D eigenvalue weighted by atomic mass is 10.2. The molecule has 7 nitrogen and oxygen atoms in total. The molecule has 0 radical (unpaired) electrons. The van der Waals surface area contributed by atoms with Crippen molar-refractivity contribution in [3.05, 3.63) is 70.5 Å². The molecule has 2 aromatic heterocycles. The highest BCUT2D eigenvalue weighted by Gasteiger charge is 2.10. The van der Waals surface area contributed by atoms with Crippen LogP contribution in [0.25, 0.3) is 0 Å². The zero-order chi connectivity index (χ0) is 19.1. The number of hydrogen-bond acceptors (Lipinski definition) is 6. The van der Waals surface area contributed by atoms with E-state index >= 15 is 0 Å². The van der Waals surface area contributed by atoms with Crippen LogP contribution in [0.5, 0.6) is 0 Å².